The Hall–Kier alpha value is -1.46. The first-order valence-electron chi connectivity index (χ1n) is 6.57. The highest BCUT2D eigenvalue weighted by atomic mass is 19.1. The number of aliphatic hydroxyl groups is 1. The van der Waals surface area contributed by atoms with Gasteiger partial charge in [0.05, 0.1) is 12.3 Å². The summed E-state index contributed by atoms with van der Waals surface area (Å²) in [4.78, 5) is 3.83. The van der Waals surface area contributed by atoms with Gasteiger partial charge in [-0.25, -0.2) is 4.39 Å². The van der Waals surface area contributed by atoms with Crippen LogP contribution < -0.4 is 5.32 Å². The second-order valence-corrected chi connectivity index (χ2v) is 5.23. The maximum Gasteiger partial charge on any atom is 0.142 e. The summed E-state index contributed by atoms with van der Waals surface area (Å²) in [6, 6.07) is 1.38. The zero-order valence-electron chi connectivity index (χ0n) is 10.6. The van der Waals surface area contributed by atoms with Crippen molar-refractivity contribution in [2.24, 2.45) is 0 Å². The Labute approximate surface area is 111 Å². The fourth-order valence-corrected chi connectivity index (χ4v) is 2.81. The number of piperidine rings is 1. The molecule has 3 heterocycles. The predicted molar refractivity (Wildman–Crippen MR) is 68.7 cm³/mol. The van der Waals surface area contributed by atoms with Gasteiger partial charge in [0, 0.05) is 18.2 Å². The zero-order valence-corrected chi connectivity index (χ0v) is 10.6. The summed E-state index contributed by atoms with van der Waals surface area (Å²) >= 11 is 0. The summed E-state index contributed by atoms with van der Waals surface area (Å²) < 4.78 is 19.3. The monoisotopic (exact) mass is 264 g/mol. The molecule has 4 nitrogen and oxygen atoms in total. The molecule has 1 spiro atoms. The summed E-state index contributed by atoms with van der Waals surface area (Å²) in [6.45, 7) is 1.75. The number of aromatic nitrogens is 1. The Balaban J connectivity index is 1.89. The first-order valence-corrected chi connectivity index (χ1v) is 6.57. The highest BCUT2D eigenvalue weighted by Crippen LogP contribution is 2.38. The highest BCUT2D eigenvalue weighted by Gasteiger charge is 2.39. The fourth-order valence-electron chi connectivity index (χ4n) is 2.81. The number of pyridine rings is 1. The number of hydrogen-bond donors (Lipinski definition) is 2. The van der Waals surface area contributed by atoms with Crippen molar-refractivity contribution >= 4 is 5.76 Å². The third-order valence-corrected chi connectivity index (χ3v) is 3.76. The van der Waals surface area contributed by atoms with Crippen LogP contribution >= 0.6 is 0 Å². The normalized spacial score (nSPS) is 25.8. The standard InChI is InChI=1S/C14H17FN2O2/c15-11-5-10(8-17-9-11)13-6-12(18)7-14(19-13)1-3-16-4-2-14/h5-6,8-9,12,16,18H,1-4,7H2. The summed E-state index contributed by atoms with van der Waals surface area (Å²) in [5.74, 6) is 0.133. The lowest BCUT2D eigenvalue weighted by Crippen LogP contribution is -2.47. The fraction of sp³-hybridized carbons (Fsp3) is 0.500. The lowest BCUT2D eigenvalue weighted by Gasteiger charge is -2.42. The van der Waals surface area contributed by atoms with Crippen molar-refractivity contribution in [1.29, 1.82) is 0 Å². The summed E-state index contributed by atoms with van der Waals surface area (Å²) in [6.07, 6.45) is 6.11. The summed E-state index contributed by atoms with van der Waals surface area (Å²) in [5, 5.41) is 13.3. The van der Waals surface area contributed by atoms with Gasteiger partial charge in [0.2, 0.25) is 0 Å². The minimum absolute atomic E-state index is 0.332. The highest BCUT2D eigenvalue weighted by molar-refractivity contribution is 5.60. The quantitative estimate of drug-likeness (QED) is 0.806. The Bertz CT molecular complexity index is 498. The lowest BCUT2D eigenvalue weighted by molar-refractivity contribution is -0.0358. The van der Waals surface area contributed by atoms with Crippen molar-refractivity contribution in [3.05, 3.63) is 35.9 Å². The van der Waals surface area contributed by atoms with Gasteiger partial charge in [-0.3, -0.25) is 4.98 Å². The lowest BCUT2D eigenvalue weighted by atomic mass is 9.84. The number of rotatable bonds is 1. The van der Waals surface area contributed by atoms with Gasteiger partial charge < -0.3 is 15.2 Å². The van der Waals surface area contributed by atoms with Crippen LogP contribution in [0, 0.1) is 5.82 Å². The molecule has 1 unspecified atom stereocenters. The van der Waals surface area contributed by atoms with Crippen molar-refractivity contribution in [3.63, 3.8) is 0 Å². The maximum absolute atomic E-state index is 13.2. The van der Waals surface area contributed by atoms with Gasteiger partial charge in [-0.15, -0.1) is 0 Å². The molecule has 0 radical (unpaired) electrons. The van der Waals surface area contributed by atoms with Gasteiger partial charge >= 0.3 is 0 Å². The third-order valence-electron chi connectivity index (χ3n) is 3.76. The molecule has 5 heteroatoms. The van der Waals surface area contributed by atoms with Crippen LogP contribution in [0.1, 0.15) is 24.8 Å². The second-order valence-electron chi connectivity index (χ2n) is 5.23. The molecule has 0 aromatic carbocycles. The summed E-state index contributed by atoms with van der Waals surface area (Å²) in [5.41, 5.74) is 0.248. The van der Waals surface area contributed by atoms with E-state index in [-0.39, 0.29) is 5.60 Å². The first kappa shape index (κ1) is 12.6. The van der Waals surface area contributed by atoms with Crippen LogP contribution in [0.2, 0.25) is 0 Å². The molecule has 0 bridgehead atoms. The zero-order chi connectivity index (χ0) is 13.3. The van der Waals surface area contributed by atoms with E-state index in [0.29, 0.717) is 17.7 Å². The van der Waals surface area contributed by atoms with Gasteiger partial charge in [-0.2, -0.15) is 0 Å². The first-order chi connectivity index (χ1) is 9.17. The number of nitrogens with one attached hydrogen (secondary N) is 1. The molecule has 19 heavy (non-hydrogen) atoms. The van der Waals surface area contributed by atoms with E-state index in [1.54, 1.807) is 12.3 Å². The molecule has 3 rings (SSSR count). The molecule has 1 aromatic rings. The average molecular weight is 264 g/mol. The number of hydrogen-bond acceptors (Lipinski definition) is 4. The van der Waals surface area contributed by atoms with Crippen LogP contribution in [0.15, 0.2) is 24.5 Å². The Morgan fingerprint density at radius 1 is 1.37 bits per heavy atom. The topological polar surface area (TPSA) is 54.4 Å². The van der Waals surface area contributed by atoms with Crippen molar-refractivity contribution in [3.8, 4) is 0 Å². The van der Waals surface area contributed by atoms with Crippen molar-refractivity contribution in [2.45, 2.75) is 31.0 Å². The van der Waals surface area contributed by atoms with Gasteiger partial charge in [0.25, 0.3) is 0 Å². The van der Waals surface area contributed by atoms with Crippen LogP contribution in [0.25, 0.3) is 5.76 Å². The Morgan fingerprint density at radius 2 is 2.16 bits per heavy atom. The number of ether oxygens (including phenoxy) is 1. The Kier molecular flexibility index (Phi) is 3.24. The largest absolute Gasteiger partial charge is 0.487 e. The van der Waals surface area contributed by atoms with Crippen molar-refractivity contribution in [2.75, 3.05) is 13.1 Å². The molecular weight excluding hydrogens is 247 g/mol. The van der Waals surface area contributed by atoms with Crippen LogP contribution in [-0.4, -0.2) is 34.9 Å². The minimum atomic E-state index is -0.551. The van der Waals surface area contributed by atoms with E-state index >= 15 is 0 Å². The molecule has 2 N–H and O–H groups in total. The van der Waals surface area contributed by atoms with Crippen LogP contribution in [0.3, 0.4) is 0 Å². The van der Waals surface area contributed by atoms with Gasteiger partial charge in [0.1, 0.15) is 17.2 Å². The molecule has 102 valence electrons. The predicted octanol–water partition coefficient (Wildman–Crippen LogP) is 1.46. The van der Waals surface area contributed by atoms with Gasteiger partial charge in [0.15, 0.2) is 0 Å². The molecule has 1 atom stereocenters. The SMILES string of the molecule is OC1C=C(c2cncc(F)c2)OC2(CCNCC2)C1. The van der Waals surface area contributed by atoms with E-state index in [1.807, 2.05) is 0 Å². The van der Waals surface area contributed by atoms with Crippen LogP contribution in [-0.2, 0) is 4.74 Å². The number of nitrogens with zero attached hydrogens (tertiary/aromatic N) is 1. The van der Waals surface area contributed by atoms with E-state index in [4.69, 9.17) is 4.74 Å². The summed E-state index contributed by atoms with van der Waals surface area (Å²) in [7, 11) is 0. The minimum Gasteiger partial charge on any atom is -0.487 e. The second kappa shape index (κ2) is 4.90. The molecule has 0 amide bonds. The van der Waals surface area contributed by atoms with Crippen molar-refractivity contribution < 1.29 is 14.2 Å². The third kappa shape index (κ3) is 2.62. The van der Waals surface area contributed by atoms with Gasteiger partial charge in [-0.05, 0) is 38.1 Å². The van der Waals surface area contributed by atoms with E-state index in [9.17, 15) is 9.50 Å². The molecule has 1 aromatic heterocycles. The van der Waals surface area contributed by atoms with Gasteiger partial charge in [-0.1, -0.05) is 0 Å². The molecule has 1 saturated heterocycles. The molecular formula is C14H17FN2O2. The van der Waals surface area contributed by atoms with E-state index in [2.05, 4.69) is 10.3 Å². The number of aliphatic hydroxyl groups excluding tert-OH is 1. The molecule has 2 aliphatic heterocycles. The van der Waals surface area contributed by atoms with E-state index in [0.717, 1.165) is 32.1 Å². The molecule has 0 saturated carbocycles. The molecule has 1 fully saturated rings. The van der Waals surface area contributed by atoms with Crippen molar-refractivity contribution in [1.82, 2.24) is 10.3 Å². The van der Waals surface area contributed by atoms with E-state index < -0.39 is 11.9 Å². The molecule has 0 aliphatic carbocycles. The maximum atomic E-state index is 13.2. The number of halogens is 1. The smallest absolute Gasteiger partial charge is 0.142 e. The van der Waals surface area contributed by atoms with Crippen LogP contribution in [0.5, 0.6) is 0 Å². The van der Waals surface area contributed by atoms with Crippen LogP contribution in [0.4, 0.5) is 4.39 Å². The molecule has 2 aliphatic rings. The van der Waals surface area contributed by atoms with E-state index in [1.165, 1.54) is 6.07 Å². The average Bonchev–Trinajstić information content (AvgIpc) is 2.38. The Morgan fingerprint density at radius 3 is 2.89 bits per heavy atom.